The van der Waals surface area contributed by atoms with Crippen molar-refractivity contribution in [3.8, 4) is 5.75 Å². The largest absolute Gasteiger partial charge is 0.463 e. The van der Waals surface area contributed by atoms with Crippen LogP contribution < -0.4 is 4.74 Å². The summed E-state index contributed by atoms with van der Waals surface area (Å²) in [6.07, 6.45) is 1.25. The molecule has 1 rings (SSSR count). The van der Waals surface area contributed by atoms with Crippen LogP contribution in [0.2, 0.25) is 0 Å². The first-order valence-corrected chi connectivity index (χ1v) is 4.59. The van der Waals surface area contributed by atoms with E-state index in [0.717, 1.165) is 5.75 Å². The molecule has 0 aliphatic heterocycles. The average molecular weight is 178 g/mol. The van der Waals surface area contributed by atoms with Crippen molar-refractivity contribution in [2.75, 3.05) is 0 Å². The number of rotatable bonds is 2. The topological polar surface area (TPSA) is 9.23 Å². The van der Waals surface area contributed by atoms with Crippen molar-refractivity contribution in [2.24, 2.45) is 0 Å². The van der Waals surface area contributed by atoms with Crippen LogP contribution in [-0.2, 0) is 0 Å². The Bertz CT molecular complexity index is 226. The molecular weight excluding hydrogens is 160 g/mol. The van der Waals surface area contributed by atoms with E-state index in [2.05, 4.69) is 20.4 Å². The molecule has 0 aliphatic carbocycles. The van der Waals surface area contributed by atoms with Crippen molar-refractivity contribution in [3.63, 3.8) is 0 Å². The fourth-order valence-corrected chi connectivity index (χ4v) is 0.690. The van der Waals surface area contributed by atoms with E-state index in [1.807, 2.05) is 37.3 Å². The maximum absolute atomic E-state index is 5.22. The fraction of sp³-hybridized carbons (Fsp3) is 0.333. The van der Waals surface area contributed by atoms with E-state index in [-0.39, 0.29) is 0 Å². The molecule has 0 aromatic heterocycles. The molecule has 1 aromatic carbocycles. The molecule has 0 radical (unpaired) electrons. The van der Waals surface area contributed by atoms with Gasteiger partial charge in [0.2, 0.25) is 0 Å². The van der Waals surface area contributed by atoms with Gasteiger partial charge in [0.15, 0.2) is 0 Å². The first kappa shape index (κ1) is 11.8. The number of ether oxygens (including phenoxy) is 1. The van der Waals surface area contributed by atoms with Crippen LogP contribution >= 0.6 is 0 Å². The highest BCUT2D eigenvalue weighted by molar-refractivity contribution is 5.22. The van der Waals surface area contributed by atoms with E-state index in [4.69, 9.17) is 4.74 Å². The summed E-state index contributed by atoms with van der Waals surface area (Å²) in [6, 6.07) is 9.60. The van der Waals surface area contributed by atoms with Gasteiger partial charge in [0.05, 0.1) is 5.76 Å². The minimum absolute atomic E-state index is 0.714. The van der Waals surface area contributed by atoms with E-state index in [1.165, 1.54) is 6.42 Å². The van der Waals surface area contributed by atoms with Gasteiger partial charge in [0, 0.05) is 0 Å². The quantitative estimate of drug-likeness (QED) is 0.621. The third-order valence-corrected chi connectivity index (χ3v) is 1.04. The number of benzene rings is 1. The van der Waals surface area contributed by atoms with Gasteiger partial charge in [-0.2, -0.15) is 0 Å². The van der Waals surface area contributed by atoms with Gasteiger partial charge in [-0.3, -0.25) is 0 Å². The summed E-state index contributed by atoms with van der Waals surface area (Å²) in [4.78, 5) is 0. The Balaban J connectivity index is 0.000000424. The van der Waals surface area contributed by atoms with Crippen LogP contribution in [0, 0.1) is 0 Å². The third-order valence-electron chi connectivity index (χ3n) is 1.04. The Hall–Kier alpha value is -1.24. The summed E-state index contributed by atoms with van der Waals surface area (Å²) in [7, 11) is 0. The molecule has 0 atom stereocenters. The maximum atomic E-state index is 5.22. The molecule has 13 heavy (non-hydrogen) atoms. The van der Waals surface area contributed by atoms with Crippen molar-refractivity contribution >= 4 is 0 Å². The zero-order chi connectivity index (χ0) is 10.1. The van der Waals surface area contributed by atoms with Gasteiger partial charge in [-0.05, 0) is 19.1 Å². The van der Waals surface area contributed by atoms with Gasteiger partial charge in [-0.25, -0.2) is 0 Å². The highest BCUT2D eigenvalue weighted by atomic mass is 16.5. The minimum atomic E-state index is 0.714. The zero-order valence-electron chi connectivity index (χ0n) is 8.71. The highest BCUT2D eigenvalue weighted by Crippen LogP contribution is 2.10. The Labute approximate surface area is 81.1 Å². The van der Waals surface area contributed by atoms with Crippen molar-refractivity contribution in [2.45, 2.75) is 27.2 Å². The van der Waals surface area contributed by atoms with Crippen LogP contribution in [-0.4, -0.2) is 0 Å². The highest BCUT2D eigenvalue weighted by Gasteiger charge is 1.88. The van der Waals surface area contributed by atoms with Gasteiger partial charge in [-0.1, -0.05) is 45.0 Å². The first-order chi connectivity index (χ1) is 6.20. The van der Waals surface area contributed by atoms with E-state index in [0.29, 0.717) is 5.76 Å². The summed E-state index contributed by atoms with van der Waals surface area (Å²) in [5.74, 6) is 1.56. The van der Waals surface area contributed by atoms with Crippen LogP contribution in [0.25, 0.3) is 0 Å². The molecule has 0 spiro atoms. The van der Waals surface area contributed by atoms with E-state index in [9.17, 15) is 0 Å². The van der Waals surface area contributed by atoms with Gasteiger partial charge in [0.25, 0.3) is 0 Å². The van der Waals surface area contributed by atoms with Crippen LogP contribution in [0.15, 0.2) is 42.7 Å². The molecule has 0 saturated carbocycles. The Morgan fingerprint density at radius 1 is 1.23 bits per heavy atom. The number of hydrogen-bond acceptors (Lipinski definition) is 1. The van der Waals surface area contributed by atoms with Crippen molar-refractivity contribution in [1.29, 1.82) is 0 Å². The Kier molecular flexibility index (Phi) is 6.70. The molecule has 1 aromatic rings. The molecule has 0 amide bonds. The number of allylic oxidation sites excluding steroid dienone is 1. The molecule has 0 fully saturated rings. The van der Waals surface area contributed by atoms with Crippen LogP contribution in [0.3, 0.4) is 0 Å². The second-order valence-corrected chi connectivity index (χ2v) is 2.82. The van der Waals surface area contributed by atoms with E-state index >= 15 is 0 Å². The van der Waals surface area contributed by atoms with E-state index < -0.39 is 0 Å². The Morgan fingerprint density at radius 2 is 1.69 bits per heavy atom. The normalized spacial score (nSPS) is 8.23. The van der Waals surface area contributed by atoms with Gasteiger partial charge >= 0.3 is 0 Å². The molecule has 0 bridgehead atoms. The van der Waals surface area contributed by atoms with Gasteiger partial charge in [-0.15, -0.1) is 0 Å². The minimum Gasteiger partial charge on any atom is -0.463 e. The first-order valence-electron chi connectivity index (χ1n) is 4.59. The van der Waals surface area contributed by atoms with Crippen LogP contribution in [0.4, 0.5) is 0 Å². The van der Waals surface area contributed by atoms with Crippen LogP contribution in [0.5, 0.6) is 5.75 Å². The monoisotopic (exact) mass is 178 g/mol. The third kappa shape index (κ3) is 7.13. The lowest BCUT2D eigenvalue weighted by Crippen LogP contribution is -1.86. The summed E-state index contributed by atoms with van der Waals surface area (Å²) in [5.41, 5.74) is 0. The van der Waals surface area contributed by atoms with Crippen molar-refractivity contribution in [1.82, 2.24) is 0 Å². The number of hydrogen-bond donors (Lipinski definition) is 0. The lowest BCUT2D eigenvalue weighted by molar-refractivity contribution is 0.430. The molecule has 0 saturated heterocycles. The summed E-state index contributed by atoms with van der Waals surface area (Å²) < 4.78 is 5.22. The summed E-state index contributed by atoms with van der Waals surface area (Å²) in [6.45, 7) is 9.70. The lowest BCUT2D eigenvalue weighted by Gasteiger charge is -2.01. The maximum Gasteiger partial charge on any atom is 0.126 e. The second-order valence-electron chi connectivity index (χ2n) is 2.82. The molecule has 1 heteroatoms. The molecule has 72 valence electrons. The van der Waals surface area contributed by atoms with Crippen molar-refractivity contribution < 1.29 is 4.74 Å². The van der Waals surface area contributed by atoms with Crippen LogP contribution in [0.1, 0.15) is 27.2 Å². The molecule has 0 aliphatic rings. The fourth-order valence-electron chi connectivity index (χ4n) is 0.690. The zero-order valence-corrected chi connectivity index (χ0v) is 8.71. The smallest absolute Gasteiger partial charge is 0.126 e. The molecular formula is C12H18O. The Morgan fingerprint density at radius 3 is 2.08 bits per heavy atom. The predicted octanol–water partition coefficient (Wildman–Crippen LogP) is 4.02. The lowest BCUT2D eigenvalue weighted by atomic mass is 10.3. The van der Waals surface area contributed by atoms with E-state index in [1.54, 1.807) is 0 Å². The average Bonchev–Trinajstić information content (AvgIpc) is 2.06. The van der Waals surface area contributed by atoms with Gasteiger partial charge < -0.3 is 4.74 Å². The number of para-hydroxylation sites is 1. The second kappa shape index (κ2) is 7.41. The molecule has 1 nitrogen and oxygen atoms in total. The molecule has 0 heterocycles. The standard InChI is InChI=1S/C9H10O.C3H8/c1-8(2)10-9-6-4-3-5-7-9;1-3-2/h3-7H,1H2,2H3;3H2,1-2H3. The predicted molar refractivity (Wildman–Crippen MR) is 57.8 cm³/mol. The SMILES string of the molecule is C=C(C)Oc1ccccc1.CCC. The molecule has 0 N–H and O–H groups in total. The summed E-state index contributed by atoms with van der Waals surface area (Å²) >= 11 is 0. The van der Waals surface area contributed by atoms with Crippen molar-refractivity contribution in [3.05, 3.63) is 42.7 Å². The summed E-state index contributed by atoms with van der Waals surface area (Å²) in [5, 5.41) is 0. The van der Waals surface area contributed by atoms with Gasteiger partial charge in [0.1, 0.15) is 5.75 Å². The molecule has 0 unspecified atom stereocenters.